The third kappa shape index (κ3) is 6.33. The summed E-state index contributed by atoms with van der Waals surface area (Å²) < 4.78 is 5.85. The molecule has 1 heterocycles. The van der Waals surface area contributed by atoms with Crippen LogP contribution in [0.4, 0.5) is 10.5 Å². The molecule has 154 valence electrons. The zero-order valence-corrected chi connectivity index (χ0v) is 18.9. The third-order valence-electron chi connectivity index (χ3n) is 3.99. The Morgan fingerprint density at radius 2 is 1.83 bits per heavy atom. The highest BCUT2D eigenvalue weighted by Gasteiger charge is 2.22. The molecular weight excluding hydrogens is 476 g/mol. The fourth-order valence-corrected chi connectivity index (χ4v) is 4.36. The Morgan fingerprint density at radius 3 is 2.52 bits per heavy atom. The standard InChI is InChI=1S/C19H17Cl4N3O2S/c20-12-5-6-15(13(21)11-12)28-16-4-2-1-3-14(16)24-19(27)25-18(17(22)23)26-7-9-29-10-8-26/h1-6,11,17H,7-10H2,(H,24,27)/b25-18-. The largest absolute Gasteiger partial charge is 0.454 e. The highest BCUT2D eigenvalue weighted by Crippen LogP contribution is 2.35. The van der Waals surface area contributed by atoms with Gasteiger partial charge in [-0.3, -0.25) is 0 Å². The molecule has 2 aromatic rings. The summed E-state index contributed by atoms with van der Waals surface area (Å²) in [6.45, 7) is 1.48. The van der Waals surface area contributed by atoms with Gasteiger partial charge in [-0.2, -0.15) is 16.8 Å². The van der Waals surface area contributed by atoms with Crippen molar-refractivity contribution in [2.24, 2.45) is 4.99 Å². The molecule has 1 N–H and O–H groups in total. The van der Waals surface area contributed by atoms with Crippen molar-refractivity contribution in [3.8, 4) is 11.5 Å². The van der Waals surface area contributed by atoms with Crippen molar-refractivity contribution in [3.05, 3.63) is 52.5 Å². The summed E-state index contributed by atoms with van der Waals surface area (Å²) in [5, 5.41) is 3.57. The number of halogens is 4. The minimum Gasteiger partial charge on any atom is -0.454 e. The van der Waals surface area contributed by atoms with Gasteiger partial charge >= 0.3 is 6.03 Å². The van der Waals surface area contributed by atoms with Crippen molar-refractivity contribution in [1.29, 1.82) is 0 Å². The van der Waals surface area contributed by atoms with Crippen molar-refractivity contribution in [3.63, 3.8) is 0 Å². The van der Waals surface area contributed by atoms with Crippen LogP contribution in [0.15, 0.2) is 47.5 Å². The number of rotatable bonds is 4. The molecule has 29 heavy (non-hydrogen) atoms. The quantitative estimate of drug-likeness (QED) is 0.298. The number of amides is 2. The molecule has 0 aliphatic carbocycles. The van der Waals surface area contributed by atoms with Crippen LogP contribution < -0.4 is 10.1 Å². The van der Waals surface area contributed by atoms with Gasteiger partial charge in [-0.15, -0.1) is 0 Å². The van der Waals surface area contributed by atoms with Crippen LogP contribution in [-0.4, -0.2) is 46.2 Å². The van der Waals surface area contributed by atoms with Crippen LogP contribution in [0.25, 0.3) is 0 Å². The minimum absolute atomic E-state index is 0.338. The molecule has 0 saturated carbocycles. The monoisotopic (exact) mass is 491 g/mol. The summed E-state index contributed by atoms with van der Waals surface area (Å²) in [6, 6.07) is 11.3. The number of para-hydroxylation sites is 2. The summed E-state index contributed by atoms with van der Waals surface area (Å²) in [5.74, 6) is 3.02. The molecule has 0 atom stereocenters. The molecule has 0 unspecified atom stereocenters. The van der Waals surface area contributed by atoms with Gasteiger partial charge in [-0.1, -0.05) is 58.5 Å². The molecule has 0 spiro atoms. The molecular formula is C19H17Cl4N3O2S. The molecule has 0 bridgehead atoms. The second-order valence-corrected chi connectivity index (χ2v) is 9.14. The maximum Gasteiger partial charge on any atom is 0.347 e. The number of benzene rings is 2. The Hall–Kier alpha value is -1.31. The molecule has 0 aromatic heterocycles. The van der Waals surface area contributed by atoms with E-state index in [2.05, 4.69) is 10.3 Å². The Morgan fingerprint density at radius 1 is 1.10 bits per heavy atom. The molecule has 2 aromatic carbocycles. The zero-order chi connectivity index (χ0) is 20.8. The van der Waals surface area contributed by atoms with Gasteiger partial charge in [0, 0.05) is 29.6 Å². The van der Waals surface area contributed by atoms with Crippen LogP contribution in [0.3, 0.4) is 0 Å². The lowest BCUT2D eigenvalue weighted by Gasteiger charge is -2.29. The Kier molecular flexibility index (Phi) is 8.21. The lowest BCUT2D eigenvalue weighted by atomic mass is 10.3. The second kappa shape index (κ2) is 10.6. The van der Waals surface area contributed by atoms with Gasteiger partial charge in [0.25, 0.3) is 0 Å². The van der Waals surface area contributed by atoms with Gasteiger partial charge in [-0.25, -0.2) is 4.79 Å². The number of hydrogen-bond acceptors (Lipinski definition) is 3. The minimum atomic E-state index is -0.900. The number of anilines is 1. The molecule has 10 heteroatoms. The Labute approximate surface area is 193 Å². The van der Waals surface area contributed by atoms with Crippen molar-refractivity contribution >= 4 is 75.7 Å². The maximum atomic E-state index is 12.5. The van der Waals surface area contributed by atoms with E-state index in [-0.39, 0.29) is 0 Å². The molecule has 1 saturated heterocycles. The van der Waals surface area contributed by atoms with Crippen LogP contribution in [0.5, 0.6) is 11.5 Å². The maximum absolute atomic E-state index is 12.5. The molecule has 5 nitrogen and oxygen atoms in total. The van der Waals surface area contributed by atoms with Crippen molar-refractivity contribution in [1.82, 2.24) is 4.90 Å². The lowest BCUT2D eigenvalue weighted by Crippen LogP contribution is -2.41. The summed E-state index contributed by atoms with van der Waals surface area (Å²) in [6.07, 6.45) is 0. The fourth-order valence-electron chi connectivity index (χ4n) is 2.63. The number of aliphatic imine (C=N–C) groups is 1. The third-order valence-corrected chi connectivity index (χ3v) is 5.85. The van der Waals surface area contributed by atoms with Gasteiger partial charge in [0.05, 0.1) is 10.7 Å². The zero-order valence-electron chi connectivity index (χ0n) is 15.1. The van der Waals surface area contributed by atoms with E-state index in [1.165, 1.54) is 0 Å². The van der Waals surface area contributed by atoms with Crippen LogP contribution in [0.2, 0.25) is 10.0 Å². The number of carbonyl (C=O) groups excluding carboxylic acids is 1. The van der Waals surface area contributed by atoms with Crippen molar-refractivity contribution in [2.75, 3.05) is 29.9 Å². The molecule has 3 rings (SSSR count). The van der Waals surface area contributed by atoms with Crippen LogP contribution in [-0.2, 0) is 0 Å². The SMILES string of the molecule is O=C(/N=C(/C(Cl)Cl)N1CCSCC1)Nc1ccccc1Oc1ccc(Cl)cc1Cl. The number of nitrogens with one attached hydrogen (secondary N) is 1. The number of ether oxygens (including phenoxy) is 1. The molecule has 1 aliphatic rings. The number of carbonyl (C=O) groups is 1. The molecule has 2 amide bonds. The number of alkyl halides is 2. The summed E-state index contributed by atoms with van der Waals surface area (Å²) in [4.78, 5) is 17.7. The van der Waals surface area contributed by atoms with E-state index >= 15 is 0 Å². The lowest BCUT2D eigenvalue weighted by molar-refractivity contribution is 0.259. The number of nitrogens with zero attached hydrogens (tertiary/aromatic N) is 2. The second-order valence-electron chi connectivity index (χ2n) is 5.97. The molecule has 0 radical (unpaired) electrons. The van der Waals surface area contributed by atoms with E-state index in [0.29, 0.717) is 33.1 Å². The highest BCUT2D eigenvalue weighted by molar-refractivity contribution is 7.99. The van der Waals surface area contributed by atoms with Gasteiger partial charge in [0.15, 0.2) is 10.6 Å². The first-order valence-corrected chi connectivity index (χ1v) is 11.4. The first-order valence-electron chi connectivity index (χ1n) is 8.66. The van der Waals surface area contributed by atoms with E-state index in [1.54, 1.807) is 42.5 Å². The number of thioether (sulfide) groups is 1. The average Bonchev–Trinajstić information content (AvgIpc) is 2.70. The van der Waals surface area contributed by atoms with Crippen molar-refractivity contribution < 1.29 is 9.53 Å². The summed E-state index contributed by atoms with van der Waals surface area (Å²) in [7, 11) is 0. The van der Waals surface area contributed by atoms with Crippen LogP contribution >= 0.6 is 58.2 Å². The summed E-state index contributed by atoms with van der Waals surface area (Å²) in [5.41, 5.74) is 0.432. The van der Waals surface area contributed by atoms with E-state index in [4.69, 9.17) is 51.1 Å². The van der Waals surface area contributed by atoms with Crippen molar-refractivity contribution in [2.45, 2.75) is 4.84 Å². The van der Waals surface area contributed by atoms with Gasteiger partial charge in [0.1, 0.15) is 11.6 Å². The van der Waals surface area contributed by atoms with E-state index in [0.717, 1.165) is 24.6 Å². The normalized spacial score (nSPS) is 14.8. The Balaban J connectivity index is 1.78. The fraction of sp³-hybridized carbons (Fsp3) is 0.263. The van der Waals surface area contributed by atoms with Gasteiger partial charge in [0.2, 0.25) is 0 Å². The molecule has 1 fully saturated rings. The van der Waals surface area contributed by atoms with Gasteiger partial charge in [-0.05, 0) is 30.3 Å². The van der Waals surface area contributed by atoms with E-state index < -0.39 is 10.9 Å². The number of hydrogen-bond donors (Lipinski definition) is 1. The first-order chi connectivity index (χ1) is 13.9. The molecule has 1 aliphatic heterocycles. The number of amidine groups is 1. The number of urea groups is 1. The predicted octanol–water partition coefficient (Wildman–Crippen LogP) is 6.57. The average molecular weight is 493 g/mol. The first kappa shape index (κ1) is 22.4. The van der Waals surface area contributed by atoms with Crippen LogP contribution in [0.1, 0.15) is 0 Å². The van der Waals surface area contributed by atoms with Crippen LogP contribution in [0, 0.1) is 0 Å². The van der Waals surface area contributed by atoms with E-state index in [1.807, 2.05) is 16.7 Å². The van der Waals surface area contributed by atoms with Gasteiger partial charge < -0.3 is 15.0 Å². The predicted molar refractivity (Wildman–Crippen MR) is 124 cm³/mol. The highest BCUT2D eigenvalue weighted by atomic mass is 35.5. The summed E-state index contributed by atoms with van der Waals surface area (Å²) >= 11 is 26.0. The van der Waals surface area contributed by atoms with E-state index in [9.17, 15) is 4.79 Å². The topological polar surface area (TPSA) is 53.9 Å². The Bertz CT molecular complexity index is 905. The smallest absolute Gasteiger partial charge is 0.347 e.